The van der Waals surface area contributed by atoms with E-state index in [0.29, 0.717) is 13.0 Å². The number of anilines is 1. The van der Waals surface area contributed by atoms with Crippen LogP contribution in [0.4, 0.5) is 36.8 Å². The lowest BCUT2D eigenvalue weighted by Gasteiger charge is -2.34. The molecule has 2 atom stereocenters. The number of ether oxygens (including phenoxy) is 3. The highest BCUT2D eigenvalue weighted by molar-refractivity contribution is 7.70. The van der Waals surface area contributed by atoms with Gasteiger partial charge in [0, 0.05) is 24.2 Å². The van der Waals surface area contributed by atoms with Crippen LogP contribution in [0, 0.1) is 11.8 Å². The van der Waals surface area contributed by atoms with E-state index in [-0.39, 0.29) is 55.7 Å². The Kier molecular flexibility index (Phi) is 9.93. The van der Waals surface area contributed by atoms with Crippen molar-refractivity contribution < 1.29 is 49.9 Å². The predicted molar refractivity (Wildman–Crippen MR) is 178 cm³/mol. The number of benzene rings is 2. The van der Waals surface area contributed by atoms with Crippen LogP contribution in [0.5, 0.6) is 11.5 Å². The highest BCUT2D eigenvalue weighted by Gasteiger charge is 2.47. The lowest BCUT2D eigenvalue weighted by atomic mass is 9.96. The van der Waals surface area contributed by atoms with E-state index in [1.54, 1.807) is 27.8 Å². The molecule has 3 heterocycles. The Morgan fingerprint density at radius 2 is 1.80 bits per heavy atom. The quantitative estimate of drug-likeness (QED) is 0.154. The second-order valence-electron chi connectivity index (χ2n) is 13.4. The number of halogens is 6. The molecule has 0 unspecified atom stereocenters. The van der Waals surface area contributed by atoms with Crippen molar-refractivity contribution in [2.45, 2.75) is 63.9 Å². The number of hydrogen-bond acceptors (Lipinski definition) is 8. The van der Waals surface area contributed by atoms with Crippen LogP contribution in [0.3, 0.4) is 0 Å². The maximum absolute atomic E-state index is 15.4. The fourth-order valence-corrected chi connectivity index (χ4v) is 7.94. The second kappa shape index (κ2) is 13.3. The summed E-state index contributed by atoms with van der Waals surface area (Å²) in [5, 5.41) is 5.85. The third-order valence-corrected chi connectivity index (χ3v) is 10.4. The minimum atomic E-state index is -4.62. The second-order valence-corrected chi connectivity index (χ2v) is 17.6. The summed E-state index contributed by atoms with van der Waals surface area (Å²) in [5.41, 5.74) is -0.381. The number of nitrogens with one attached hydrogen (secondary N) is 2. The molecule has 2 N–H and O–H groups in total. The third-order valence-electron chi connectivity index (χ3n) is 7.74. The number of alkyl halides is 6. The maximum atomic E-state index is 15.4. The largest absolute Gasteiger partial charge is 0.586 e. The summed E-state index contributed by atoms with van der Waals surface area (Å²) in [7, 11) is -1.37. The molecule has 1 fully saturated rings. The first-order valence-corrected chi connectivity index (χ1v) is 18.7. The van der Waals surface area contributed by atoms with E-state index in [2.05, 4.69) is 22.5 Å². The van der Waals surface area contributed by atoms with Crippen molar-refractivity contribution in [2.75, 3.05) is 45.3 Å². The molecule has 0 bridgehead atoms. The minimum Gasteiger partial charge on any atom is -0.444 e. The average molecular weight is 732 g/mol. The van der Waals surface area contributed by atoms with Crippen molar-refractivity contribution in [3.05, 3.63) is 34.7 Å². The number of alkyl carbamates (subject to hydrolysis) is 1. The SMILES string of the molecule is CN1CC[C@@H](Nc2c(-c3ccc(P(C)(C)=O)c4c3OC(F)(F)O4)ccc3c(CC(F)(F)F)c(C#CCNC(=O)OC(C)(C)C)sc23)[C@@H](F)C1. The summed E-state index contributed by atoms with van der Waals surface area (Å²) < 4.78 is 114. The van der Waals surface area contributed by atoms with Crippen LogP contribution in [0.2, 0.25) is 0 Å². The summed E-state index contributed by atoms with van der Waals surface area (Å²) in [5.74, 6) is 4.62. The molecule has 1 aromatic heterocycles. The summed E-state index contributed by atoms with van der Waals surface area (Å²) in [6.45, 7) is 8.23. The Labute approximate surface area is 283 Å². The van der Waals surface area contributed by atoms with Gasteiger partial charge in [0.15, 0.2) is 11.5 Å². The van der Waals surface area contributed by atoms with Gasteiger partial charge in [-0.3, -0.25) is 0 Å². The molecular weight excluding hydrogens is 695 g/mol. The first-order valence-electron chi connectivity index (χ1n) is 15.3. The zero-order valence-electron chi connectivity index (χ0n) is 27.6. The summed E-state index contributed by atoms with van der Waals surface area (Å²) in [6, 6.07) is 4.93. The fourth-order valence-electron chi connectivity index (χ4n) is 5.66. The molecule has 1 amide bonds. The predicted octanol–water partition coefficient (Wildman–Crippen LogP) is 7.57. The normalized spacial score (nSPS) is 19.3. The van der Waals surface area contributed by atoms with Gasteiger partial charge in [-0.2, -0.15) is 13.2 Å². The van der Waals surface area contributed by atoms with E-state index >= 15 is 4.39 Å². The molecule has 8 nitrogen and oxygen atoms in total. The van der Waals surface area contributed by atoms with Crippen LogP contribution in [0.15, 0.2) is 24.3 Å². The van der Waals surface area contributed by atoms with Gasteiger partial charge >= 0.3 is 18.6 Å². The Hall–Kier alpha value is -3.60. The molecule has 2 aliphatic rings. The van der Waals surface area contributed by atoms with Crippen molar-refractivity contribution in [1.29, 1.82) is 0 Å². The van der Waals surface area contributed by atoms with Gasteiger partial charge in [-0.05, 0) is 70.7 Å². The standard InChI is InChI=1S/C33H36F6N3O5PS/c1-31(2,3)47-30(43)40-14-7-8-25-21(16-32(35,36)37)20-10-9-18(26(29(20)49-25)41-23-13-15-42(4)17-22(23)34)19-11-12-24(48(5,6)44)28-27(19)45-33(38,39)46-28/h9-12,22-23,41H,13-17H2,1-6H3,(H,40,43)/t22-,23+/m0/s1. The highest BCUT2D eigenvalue weighted by Crippen LogP contribution is 2.54. The topological polar surface area (TPSA) is 89.1 Å². The molecule has 16 heteroatoms. The van der Waals surface area contributed by atoms with Crippen LogP contribution in [-0.4, -0.2) is 81.3 Å². The molecule has 0 radical (unpaired) electrons. The van der Waals surface area contributed by atoms with Crippen LogP contribution in [0.25, 0.3) is 21.2 Å². The Morgan fingerprint density at radius 1 is 1.12 bits per heavy atom. The minimum absolute atomic E-state index is 0.0271. The van der Waals surface area contributed by atoms with Gasteiger partial charge in [0.2, 0.25) is 0 Å². The molecule has 266 valence electrons. The van der Waals surface area contributed by atoms with Crippen LogP contribution < -0.4 is 25.4 Å². The Morgan fingerprint density at radius 3 is 2.43 bits per heavy atom. The lowest BCUT2D eigenvalue weighted by molar-refractivity contribution is -0.286. The van der Waals surface area contributed by atoms with E-state index in [1.165, 1.54) is 37.6 Å². The summed E-state index contributed by atoms with van der Waals surface area (Å²) in [4.78, 5) is 13.9. The van der Waals surface area contributed by atoms with Gasteiger partial charge in [-0.1, -0.05) is 24.0 Å². The highest BCUT2D eigenvalue weighted by atomic mass is 32.1. The van der Waals surface area contributed by atoms with Gasteiger partial charge in [0.25, 0.3) is 0 Å². The third kappa shape index (κ3) is 8.59. The zero-order valence-corrected chi connectivity index (χ0v) is 29.3. The van der Waals surface area contributed by atoms with Gasteiger partial charge in [0.05, 0.1) is 39.6 Å². The number of likely N-dealkylation sites (tertiary alicyclic amines) is 1. The molecule has 2 aromatic carbocycles. The zero-order chi connectivity index (χ0) is 36.1. The number of nitrogens with zero attached hydrogens (tertiary/aromatic N) is 1. The molecule has 0 spiro atoms. The van der Waals surface area contributed by atoms with Crippen molar-refractivity contribution in [3.63, 3.8) is 0 Å². The van der Waals surface area contributed by atoms with Crippen LogP contribution >= 0.6 is 18.5 Å². The molecule has 0 saturated carbocycles. The van der Waals surface area contributed by atoms with Gasteiger partial charge in [0.1, 0.15) is 18.9 Å². The smallest absolute Gasteiger partial charge is 0.444 e. The first kappa shape index (κ1) is 36.7. The van der Waals surface area contributed by atoms with E-state index in [4.69, 9.17) is 14.2 Å². The fraction of sp³-hybridized carbons (Fsp3) is 0.485. The molecule has 5 rings (SSSR count). The van der Waals surface area contributed by atoms with Crippen molar-refractivity contribution >= 4 is 45.6 Å². The molecule has 2 aliphatic heterocycles. The monoisotopic (exact) mass is 731 g/mol. The number of carbonyl (C=O) groups is 1. The van der Waals surface area contributed by atoms with Crippen LogP contribution in [0.1, 0.15) is 37.6 Å². The summed E-state index contributed by atoms with van der Waals surface area (Å²) in [6.07, 6.45) is -11.8. The van der Waals surface area contributed by atoms with Crippen molar-refractivity contribution in [2.24, 2.45) is 0 Å². The van der Waals surface area contributed by atoms with Crippen LogP contribution in [-0.2, 0) is 15.7 Å². The summed E-state index contributed by atoms with van der Waals surface area (Å²) >= 11 is 0.922. The molecule has 0 aliphatic carbocycles. The first-order chi connectivity index (χ1) is 22.6. The van der Waals surface area contributed by atoms with Gasteiger partial charge in [-0.15, -0.1) is 20.1 Å². The average Bonchev–Trinajstić information content (AvgIpc) is 3.45. The van der Waals surface area contributed by atoms with E-state index < -0.39 is 61.4 Å². The van der Waals surface area contributed by atoms with E-state index in [1.807, 2.05) is 4.90 Å². The Balaban J connectivity index is 1.68. The van der Waals surface area contributed by atoms with Gasteiger partial charge < -0.3 is 34.3 Å². The number of rotatable bonds is 6. The number of piperidine rings is 1. The van der Waals surface area contributed by atoms with E-state index in [0.717, 1.165) is 11.3 Å². The molecule has 3 aromatic rings. The van der Waals surface area contributed by atoms with Crippen molar-refractivity contribution in [1.82, 2.24) is 10.2 Å². The number of thiophene rings is 1. The number of hydrogen-bond donors (Lipinski definition) is 2. The number of fused-ring (bicyclic) bond motifs is 2. The van der Waals surface area contributed by atoms with Gasteiger partial charge in [-0.25, -0.2) is 9.18 Å². The van der Waals surface area contributed by atoms with Crippen molar-refractivity contribution in [3.8, 4) is 34.5 Å². The molecule has 1 saturated heterocycles. The Bertz CT molecular complexity index is 1870. The number of amides is 1. The maximum Gasteiger partial charge on any atom is 0.586 e. The number of carbonyl (C=O) groups excluding carboxylic acids is 1. The lowest BCUT2D eigenvalue weighted by Crippen LogP contribution is -2.46. The molecular formula is C33H36F6N3O5PS. The van der Waals surface area contributed by atoms with E-state index in [9.17, 15) is 31.3 Å². The molecule has 49 heavy (non-hydrogen) atoms.